The molecule has 0 spiro atoms. The first-order valence-corrected chi connectivity index (χ1v) is 8.91. The Morgan fingerprint density at radius 3 is 2.91 bits per heavy atom. The van der Waals surface area contributed by atoms with E-state index in [0.29, 0.717) is 17.8 Å². The monoisotopic (exact) mass is 325 g/mol. The van der Waals surface area contributed by atoms with Gasteiger partial charge in [0.15, 0.2) is 0 Å². The highest BCUT2D eigenvalue weighted by atomic mass is 32.1. The van der Waals surface area contributed by atoms with Crippen molar-refractivity contribution in [2.45, 2.75) is 31.8 Å². The van der Waals surface area contributed by atoms with Gasteiger partial charge in [0.25, 0.3) is 0 Å². The molecule has 2 aromatic heterocycles. The minimum Gasteiger partial charge on any atom is -0.338 e. The maximum atomic E-state index is 5.45. The summed E-state index contributed by atoms with van der Waals surface area (Å²) in [6.45, 7) is 1.85. The molecule has 0 N–H and O–H groups in total. The summed E-state index contributed by atoms with van der Waals surface area (Å²) in [4.78, 5) is 8.08. The van der Waals surface area contributed by atoms with Gasteiger partial charge in [-0.25, -0.2) is 0 Å². The van der Waals surface area contributed by atoms with Crippen LogP contribution in [0.5, 0.6) is 0 Å². The second kappa shape index (κ2) is 6.64. The molecule has 1 aromatic carbocycles. The number of benzene rings is 1. The van der Waals surface area contributed by atoms with E-state index in [0.717, 1.165) is 24.4 Å². The first kappa shape index (κ1) is 14.6. The molecule has 1 aliphatic rings. The lowest BCUT2D eigenvalue weighted by Gasteiger charge is -2.22. The summed E-state index contributed by atoms with van der Waals surface area (Å²) in [6.07, 6.45) is 3.57. The second-order valence-corrected chi connectivity index (χ2v) is 6.89. The Labute approximate surface area is 139 Å². The topological polar surface area (TPSA) is 42.2 Å². The van der Waals surface area contributed by atoms with Gasteiger partial charge in [-0.3, -0.25) is 4.90 Å². The average molecular weight is 325 g/mol. The van der Waals surface area contributed by atoms with Crippen molar-refractivity contribution in [3.05, 3.63) is 59.3 Å². The van der Waals surface area contributed by atoms with E-state index in [1.165, 1.54) is 18.4 Å². The molecule has 1 saturated heterocycles. The molecule has 3 heterocycles. The van der Waals surface area contributed by atoms with Crippen LogP contribution >= 0.6 is 11.3 Å². The SMILES string of the molecule is c1ccc(CC2CCCN2Cc2nc(-c3cccs3)no2)cc1. The van der Waals surface area contributed by atoms with Crippen LogP contribution in [0.3, 0.4) is 0 Å². The van der Waals surface area contributed by atoms with Crippen LogP contribution in [0.15, 0.2) is 52.4 Å². The van der Waals surface area contributed by atoms with E-state index in [2.05, 4.69) is 45.4 Å². The molecule has 0 amide bonds. The van der Waals surface area contributed by atoms with Crippen LogP contribution in [0.25, 0.3) is 10.7 Å². The van der Waals surface area contributed by atoms with Crippen molar-refractivity contribution >= 4 is 11.3 Å². The van der Waals surface area contributed by atoms with E-state index in [1.54, 1.807) is 11.3 Å². The fourth-order valence-electron chi connectivity index (χ4n) is 3.22. The first-order chi connectivity index (χ1) is 11.4. The summed E-state index contributed by atoms with van der Waals surface area (Å²) in [7, 11) is 0. The molecule has 5 heteroatoms. The van der Waals surface area contributed by atoms with Gasteiger partial charge in [-0.2, -0.15) is 4.98 Å². The summed E-state index contributed by atoms with van der Waals surface area (Å²) in [6, 6.07) is 15.3. The Balaban J connectivity index is 1.43. The van der Waals surface area contributed by atoms with Crippen LogP contribution in [0, 0.1) is 0 Å². The average Bonchev–Trinajstić information content (AvgIpc) is 3.31. The Morgan fingerprint density at radius 2 is 2.09 bits per heavy atom. The van der Waals surface area contributed by atoms with E-state index >= 15 is 0 Å². The summed E-state index contributed by atoms with van der Waals surface area (Å²) >= 11 is 1.64. The van der Waals surface area contributed by atoms with E-state index in [1.807, 2.05) is 17.5 Å². The van der Waals surface area contributed by atoms with Crippen molar-refractivity contribution in [1.82, 2.24) is 15.0 Å². The maximum absolute atomic E-state index is 5.45. The van der Waals surface area contributed by atoms with Crippen LogP contribution in [0.1, 0.15) is 24.3 Å². The largest absolute Gasteiger partial charge is 0.338 e. The number of aromatic nitrogens is 2. The fourth-order valence-corrected chi connectivity index (χ4v) is 3.87. The van der Waals surface area contributed by atoms with Crippen LogP contribution in [-0.4, -0.2) is 27.6 Å². The van der Waals surface area contributed by atoms with Gasteiger partial charge in [0.05, 0.1) is 11.4 Å². The predicted octanol–water partition coefficient (Wildman–Crippen LogP) is 4.01. The van der Waals surface area contributed by atoms with Crippen molar-refractivity contribution in [1.29, 1.82) is 0 Å². The molecule has 1 atom stereocenters. The zero-order chi connectivity index (χ0) is 15.5. The van der Waals surface area contributed by atoms with Crippen LogP contribution in [-0.2, 0) is 13.0 Å². The van der Waals surface area contributed by atoms with Crippen molar-refractivity contribution in [2.75, 3.05) is 6.54 Å². The van der Waals surface area contributed by atoms with Gasteiger partial charge in [-0.15, -0.1) is 11.3 Å². The summed E-state index contributed by atoms with van der Waals surface area (Å²) in [5.74, 6) is 1.42. The van der Waals surface area contributed by atoms with Gasteiger partial charge < -0.3 is 4.52 Å². The fraction of sp³-hybridized carbons (Fsp3) is 0.333. The van der Waals surface area contributed by atoms with Gasteiger partial charge in [-0.1, -0.05) is 41.6 Å². The molecule has 4 nitrogen and oxygen atoms in total. The van der Waals surface area contributed by atoms with Gasteiger partial charge >= 0.3 is 0 Å². The third kappa shape index (κ3) is 3.35. The highest BCUT2D eigenvalue weighted by Gasteiger charge is 2.26. The molecule has 1 fully saturated rings. The quantitative estimate of drug-likeness (QED) is 0.711. The maximum Gasteiger partial charge on any atom is 0.241 e. The molecular formula is C18H19N3OS. The molecule has 0 bridgehead atoms. The molecule has 3 aromatic rings. The molecule has 0 saturated carbocycles. The smallest absolute Gasteiger partial charge is 0.241 e. The minimum atomic E-state index is 0.564. The third-order valence-corrected chi connectivity index (χ3v) is 5.23. The Kier molecular flexibility index (Phi) is 4.22. The molecule has 0 radical (unpaired) electrons. The van der Waals surface area contributed by atoms with Gasteiger partial charge in [0.1, 0.15) is 0 Å². The first-order valence-electron chi connectivity index (χ1n) is 8.03. The Bertz CT molecular complexity index is 739. The number of thiophene rings is 1. The third-order valence-electron chi connectivity index (χ3n) is 4.36. The summed E-state index contributed by atoms with van der Waals surface area (Å²) in [5.41, 5.74) is 1.40. The zero-order valence-corrected chi connectivity index (χ0v) is 13.7. The summed E-state index contributed by atoms with van der Waals surface area (Å²) in [5, 5.41) is 6.14. The standard InChI is InChI=1S/C18H19N3OS/c1-2-6-14(7-3-1)12-15-8-4-10-21(15)13-17-19-18(20-22-17)16-9-5-11-23-16/h1-3,5-7,9,11,15H,4,8,10,12-13H2. The number of hydrogen-bond donors (Lipinski definition) is 0. The van der Waals surface area contributed by atoms with Crippen LogP contribution in [0.2, 0.25) is 0 Å². The van der Waals surface area contributed by atoms with Crippen LogP contribution in [0.4, 0.5) is 0 Å². The van der Waals surface area contributed by atoms with Crippen molar-refractivity contribution in [2.24, 2.45) is 0 Å². The highest BCUT2D eigenvalue weighted by Crippen LogP contribution is 2.25. The molecule has 1 unspecified atom stereocenters. The van der Waals surface area contributed by atoms with E-state index in [4.69, 9.17) is 4.52 Å². The predicted molar refractivity (Wildman–Crippen MR) is 91.2 cm³/mol. The molecular weight excluding hydrogens is 306 g/mol. The second-order valence-electron chi connectivity index (χ2n) is 5.95. The molecule has 118 valence electrons. The number of rotatable bonds is 5. The number of nitrogens with zero attached hydrogens (tertiary/aromatic N) is 3. The highest BCUT2D eigenvalue weighted by molar-refractivity contribution is 7.13. The minimum absolute atomic E-state index is 0.564. The Morgan fingerprint density at radius 1 is 1.17 bits per heavy atom. The lowest BCUT2D eigenvalue weighted by atomic mass is 10.0. The molecule has 23 heavy (non-hydrogen) atoms. The molecule has 1 aliphatic heterocycles. The molecule has 4 rings (SSSR count). The van der Waals surface area contributed by atoms with Gasteiger partial charge in [-0.05, 0) is 42.8 Å². The van der Waals surface area contributed by atoms with Crippen LogP contribution < -0.4 is 0 Å². The van der Waals surface area contributed by atoms with Crippen molar-refractivity contribution < 1.29 is 4.52 Å². The summed E-state index contributed by atoms with van der Waals surface area (Å²) < 4.78 is 5.45. The number of likely N-dealkylation sites (tertiary alicyclic amines) is 1. The lowest BCUT2D eigenvalue weighted by molar-refractivity contribution is 0.210. The van der Waals surface area contributed by atoms with E-state index in [-0.39, 0.29) is 0 Å². The van der Waals surface area contributed by atoms with Crippen molar-refractivity contribution in [3.8, 4) is 10.7 Å². The van der Waals surface area contributed by atoms with E-state index < -0.39 is 0 Å². The van der Waals surface area contributed by atoms with Crippen molar-refractivity contribution in [3.63, 3.8) is 0 Å². The zero-order valence-electron chi connectivity index (χ0n) is 12.9. The molecule has 0 aliphatic carbocycles. The normalized spacial score (nSPS) is 18.5. The Hall–Kier alpha value is -1.98. The van der Waals surface area contributed by atoms with E-state index in [9.17, 15) is 0 Å². The van der Waals surface area contributed by atoms with Gasteiger partial charge in [0, 0.05) is 6.04 Å². The lowest BCUT2D eigenvalue weighted by Crippen LogP contribution is -2.30. The number of hydrogen-bond acceptors (Lipinski definition) is 5. The van der Waals surface area contributed by atoms with Gasteiger partial charge in [0.2, 0.25) is 11.7 Å².